The van der Waals surface area contributed by atoms with Gasteiger partial charge in [0.15, 0.2) is 0 Å². The Kier molecular flexibility index (Phi) is 3.95. The maximum Gasteiger partial charge on any atom is 0.405 e. The predicted octanol–water partition coefficient (Wildman–Crippen LogP) is 0.656. The maximum absolute atomic E-state index is 10.5. The molecule has 0 radical (unpaired) electrons. The van der Waals surface area contributed by atoms with E-state index in [9.17, 15) is 9.00 Å². The largest absolute Gasteiger partial charge is 0.438 e. The van der Waals surface area contributed by atoms with Crippen molar-refractivity contribution in [2.75, 3.05) is 0 Å². The molecule has 1 amide bonds. The quantitative estimate of drug-likeness (QED) is 0.666. The Balaban J connectivity index is 4.58. The first-order valence-electron chi connectivity index (χ1n) is 3.58. The third-order valence-electron chi connectivity index (χ3n) is 1.45. The van der Waals surface area contributed by atoms with Gasteiger partial charge >= 0.3 is 6.09 Å². The first-order valence-corrected chi connectivity index (χ1v) is 4.32. The molecule has 0 heterocycles. The molecule has 0 saturated carbocycles. The molecule has 0 aliphatic rings. The van der Waals surface area contributed by atoms with Crippen LogP contribution in [0.2, 0.25) is 0 Å². The highest BCUT2D eigenvalue weighted by Gasteiger charge is 2.26. The molecule has 12 heavy (non-hydrogen) atoms. The van der Waals surface area contributed by atoms with Crippen LogP contribution < -0.4 is 5.73 Å². The van der Waals surface area contributed by atoms with Crippen LogP contribution in [0.3, 0.4) is 0 Å². The van der Waals surface area contributed by atoms with Gasteiger partial charge in [0.25, 0.3) is 0 Å². The van der Waals surface area contributed by atoms with Gasteiger partial charge in [-0.05, 0) is 20.3 Å². The highest BCUT2D eigenvalue weighted by molar-refractivity contribution is 7.66. The maximum atomic E-state index is 10.5. The summed E-state index contributed by atoms with van der Waals surface area (Å²) in [6, 6.07) is 0. The highest BCUT2D eigenvalue weighted by Crippen LogP contribution is 2.12. The summed E-state index contributed by atoms with van der Waals surface area (Å²) in [5.74, 6) is 0. The zero-order valence-corrected chi connectivity index (χ0v) is 8.23. The van der Waals surface area contributed by atoms with E-state index < -0.39 is 11.7 Å². The zero-order valence-electron chi connectivity index (χ0n) is 7.42. The van der Waals surface area contributed by atoms with Crippen LogP contribution in [0.1, 0.15) is 27.2 Å². The van der Waals surface area contributed by atoms with E-state index >= 15 is 0 Å². The average Bonchev–Trinajstić information content (AvgIpc) is 1.85. The minimum absolute atomic E-state index is 0.353. The minimum Gasteiger partial charge on any atom is -0.438 e. The minimum atomic E-state index is -0.868. The number of rotatable bonds is 3. The average molecular weight is 191 g/mol. The van der Waals surface area contributed by atoms with Gasteiger partial charge in [0.2, 0.25) is 0 Å². The SMILES string of the molecule is CCC(=S=O)C(C)(C)OC(N)=O. The van der Waals surface area contributed by atoms with Crippen molar-refractivity contribution in [2.45, 2.75) is 32.8 Å². The molecule has 2 N–H and O–H groups in total. The van der Waals surface area contributed by atoms with Gasteiger partial charge in [0.1, 0.15) is 5.60 Å². The standard InChI is InChI=1S/C7H13NO3S/c1-4-5(12-10)7(2,3)11-6(8)9/h4H2,1-3H3,(H2,8,9). The highest BCUT2D eigenvalue weighted by atomic mass is 32.1. The van der Waals surface area contributed by atoms with Gasteiger partial charge in [-0.15, -0.1) is 0 Å². The molecule has 0 unspecified atom stereocenters. The second kappa shape index (κ2) is 4.25. The van der Waals surface area contributed by atoms with E-state index in [-0.39, 0.29) is 0 Å². The van der Waals surface area contributed by atoms with E-state index in [1.54, 1.807) is 13.8 Å². The van der Waals surface area contributed by atoms with Crippen LogP contribution in [0, 0.1) is 0 Å². The van der Waals surface area contributed by atoms with E-state index in [1.807, 2.05) is 6.92 Å². The van der Waals surface area contributed by atoms with Crippen molar-refractivity contribution in [1.29, 1.82) is 0 Å². The lowest BCUT2D eigenvalue weighted by Crippen LogP contribution is -2.38. The topological polar surface area (TPSA) is 69.4 Å². The molecule has 0 bridgehead atoms. The van der Waals surface area contributed by atoms with Gasteiger partial charge in [-0.1, -0.05) is 6.92 Å². The molecular formula is C7H13NO3S. The summed E-state index contributed by atoms with van der Waals surface area (Å²) in [5, 5.41) is 0. The fourth-order valence-electron chi connectivity index (χ4n) is 0.893. The van der Waals surface area contributed by atoms with Gasteiger partial charge in [-0.3, -0.25) is 0 Å². The Bertz CT molecular complexity index is 231. The second-order valence-corrected chi connectivity index (χ2v) is 3.45. The molecule has 0 rings (SSSR count). The molecule has 0 saturated heterocycles. The fourth-order valence-corrected chi connectivity index (χ4v) is 1.25. The normalized spacial score (nSPS) is 10.6. The van der Waals surface area contributed by atoms with E-state index in [4.69, 9.17) is 10.5 Å². The van der Waals surface area contributed by atoms with Gasteiger partial charge in [-0.25, -0.2) is 9.00 Å². The molecule has 0 aliphatic heterocycles. The van der Waals surface area contributed by atoms with Crippen LogP contribution in [0.4, 0.5) is 4.79 Å². The van der Waals surface area contributed by atoms with Crippen molar-refractivity contribution < 1.29 is 13.7 Å². The van der Waals surface area contributed by atoms with Crippen molar-refractivity contribution in [3.8, 4) is 0 Å². The van der Waals surface area contributed by atoms with Crippen LogP contribution in [-0.4, -0.2) is 20.8 Å². The summed E-state index contributed by atoms with van der Waals surface area (Å²) in [5.41, 5.74) is 3.97. The smallest absolute Gasteiger partial charge is 0.405 e. The molecule has 0 atom stereocenters. The number of hydrogen-bond donors (Lipinski definition) is 1. The monoisotopic (exact) mass is 191 g/mol. The number of ether oxygens (including phenoxy) is 1. The molecule has 0 aromatic carbocycles. The van der Waals surface area contributed by atoms with Crippen molar-refractivity contribution >= 4 is 22.2 Å². The van der Waals surface area contributed by atoms with Crippen molar-refractivity contribution in [3.63, 3.8) is 0 Å². The lowest BCUT2D eigenvalue weighted by molar-refractivity contribution is 0.0931. The molecule has 4 nitrogen and oxygen atoms in total. The Morgan fingerprint density at radius 1 is 1.58 bits per heavy atom. The number of carbonyl (C=O) groups excluding carboxylic acids is 1. The third-order valence-corrected chi connectivity index (χ3v) is 2.43. The van der Waals surface area contributed by atoms with Crippen LogP contribution >= 0.6 is 0 Å². The van der Waals surface area contributed by atoms with Gasteiger partial charge in [-0.2, -0.15) is 0 Å². The first-order chi connectivity index (χ1) is 5.44. The Morgan fingerprint density at radius 3 is 2.33 bits per heavy atom. The third kappa shape index (κ3) is 3.04. The molecule has 0 aromatic rings. The predicted molar refractivity (Wildman–Crippen MR) is 48.2 cm³/mol. The van der Waals surface area contributed by atoms with Crippen molar-refractivity contribution in [3.05, 3.63) is 0 Å². The van der Waals surface area contributed by atoms with Crippen molar-refractivity contribution in [1.82, 2.24) is 0 Å². The van der Waals surface area contributed by atoms with Crippen LogP contribution in [0.5, 0.6) is 0 Å². The lowest BCUT2D eigenvalue weighted by Gasteiger charge is -2.23. The van der Waals surface area contributed by atoms with Gasteiger partial charge < -0.3 is 10.5 Å². The number of primary amides is 1. The molecule has 0 spiro atoms. The Morgan fingerprint density at radius 2 is 2.08 bits per heavy atom. The number of hydrogen-bond acceptors (Lipinski definition) is 3. The molecule has 0 fully saturated rings. The molecule has 0 aliphatic carbocycles. The summed E-state index contributed by atoms with van der Waals surface area (Å²) >= 11 is 0.353. The van der Waals surface area contributed by atoms with Crippen molar-refractivity contribution in [2.24, 2.45) is 5.73 Å². The van der Waals surface area contributed by atoms with Crippen LogP contribution in [0.15, 0.2) is 0 Å². The molecule has 70 valence electrons. The molecular weight excluding hydrogens is 178 g/mol. The van der Waals surface area contributed by atoms with E-state index in [0.717, 1.165) is 0 Å². The Labute approximate surface area is 75.2 Å². The summed E-state index contributed by atoms with van der Waals surface area (Å²) in [7, 11) is 0. The summed E-state index contributed by atoms with van der Waals surface area (Å²) in [6.07, 6.45) is -0.297. The molecule has 0 aromatic heterocycles. The number of nitrogens with two attached hydrogens (primary N) is 1. The first kappa shape index (κ1) is 11.2. The number of carbonyl (C=O) groups is 1. The second-order valence-electron chi connectivity index (χ2n) is 2.79. The van der Waals surface area contributed by atoms with Crippen LogP contribution in [0.25, 0.3) is 0 Å². The summed E-state index contributed by atoms with van der Waals surface area (Å²) in [4.78, 5) is 11.0. The zero-order chi connectivity index (χ0) is 9.78. The molecule has 5 heteroatoms. The number of amides is 1. The van der Waals surface area contributed by atoms with Gasteiger partial charge in [0.05, 0.1) is 16.1 Å². The van der Waals surface area contributed by atoms with E-state index in [0.29, 0.717) is 22.5 Å². The summed E-state index contributed by atoms with van der Waals surface area (Å²) < 4.78 is 15.3. The fraction of sp³-hybridized carbons (Fsp3) is 0.714. The van der Waals surface area contributed by atoms with E-state index in [2.05, 4.69) is 0 Å². The Hall–Kier alpha value is -0.840. The van der Waals surface area contributed by atoms with Gasteiger partial charge in [0, 0.05) is 0 Å². The lowest BCUT2D eigenvalue weighted by atomic mass is 10.0. The summed E-state index contributed by atoms with van der Waals surface area (Å²) in [6.45, 7) is 5.11. The van der Waals surface area contributed by atoms with E-state index in [1.165, 1.54) is 0 Å². The van der Waals surface area contributed by atoms with Crippen LogP contribution in [-0.2, 0) is 16.0 Å².